The summed E-state index contributed by atoms with van der Waals surface area (Å²) in [4.78, 5) is 33.4. The van der Waals surface area contributed by atoms with Crippen LogP contribution < -0.4 is 0 Å². The van der Waals surface area contributed by atoms with Crippen molar-refractivity contribution >= 4 is 5.91 Å². The van der Waals surface area contributed by atoms with Crippen molar-refractivity contribution in [2.75, 3.05) is 26.2 Å². The largest absolute Gasteiger partial charge is 0.450 e. The molecule has 1 atom stereocenters. The van der Waals surface area contributed by atoms with Crippen molar-refractivity contribution < 1.29 is 9.21 Å². The summed E-state index contributed by atoms with van der Waals surface area (Å²) in [5.41, 5.74) is 4.91. The molecule has 0 N–H and O–H groups in total. The molecule has 0 spiro atoms. The van der Waals surface area contributed by atoms with Gasteiger partial charge in [-0.15, -0.1) is 0 Å². The Balaban J connectivity index is 1.27. The number of pyridine rings is 1. The van der Waals surface area contributed by atoms with E-state index >= 15 is 0 Å². The first kappa shape index (κ1) is 23.1. The second kappa shape index (κ2) is 9.97. The number of carbonyl (C=O) groups excluding carboxylic acids is 1. The van der Waals surface area contributed by atoms with Gasteiger partial charge in [0.05, 0.1) is 0 Å². The van der Waals surface area contributed by atoms with Crippen LogP contribution in [0, 0.1) is 4.91 Å². The minimum absolute atomic E-state index is 0.0416. The van der Waals surface area contributed by atoms with Crippen LogP contribution in [0.4, 0.5) is 0 Å². The molecule has 4 heterocycles. The monoisotopic (exact) mass is 484 g/mol. The third-order valence-electron chi connectivity index (χ3n) is 8.17. The van der Waals surface area contributed by atoms with Gasteiger partial charge in [-0.2, -0.15) is 4.91 Å². The van der Waals surface area contributed by atoms with E-state index in [1.54, 1.807) is 12.4 Å². The molecular formula is C29H32N4O3. The molecule has 0 saturated carbocycles. The molecule has 6 rings (SSSR count). The van der Waals surface area contributed by atoms with Crippen LogP contribution in [-0.2, 0) is 6.42 Å². The van der Waals surface area contributed by atoms with Gasteiger partial charge in [-0.25, -0.2) is 0 Å². The van der Waals surface area contributed by atoms with Crippen molar-refractivity contribution in [3.05, 3.63) is 70.6 Å². The van der Waals surface area contributed by atoms with Crippen molar-refractivity contribution in [2.45, 2.75) is 57.0 Å². The van der Waals surface area contributed by atoms with Gasteiger partial charge in [0.1, 0.15) is 11.8 Å². The Morgan fingerprint density at radius 1 is 0.917 bits per heavy atom. The highest BCUT2D eigenvalue weighted by Gasteiger charge is 2.31. The first-order chi connectivity index (χ1) is 17.7. The Bertz CT molecular complexity index is 1240. The van der Waals surface area contributed by atoms with Crippen LogP contribution in [0.3, 0.4) is 0 Å². The number of piperidine rings is 2. The number of fused-ring (bicyclic) bond motifs is 1. The summed E-state index contributed by atoms with van der Waals surface area (Å²) >= 11 is 0. The summed E-state index contributed by atoms with van der Waals surface area (Å²) in [7, 11) is 0. The van der Waals surface area contributed by atoms with Crippen LogP contribution in [0.25, 0.3) is 22.5 Å². The fraction of sp³-hybridized carbons (Fsp3) is 0.448. The van der Waals surface area contributed by atoms with Crippen LogP contribution in [0.15, 0.2) is 58.4 Å². The van der Waals surface area contributed by atoms with Crippen LogP contribution in [0.1, 0.15) is 66.2 Å². The van der Waals surface area contributed by atoms with E-state index in [1.165, 1.54) is 32.4 Å². The van der Waals surface area contributed by atoms with Crippen LogP contribution in [-0.4, -0.2) is 52.9 Å². The highest BCUT2D eigenvalue weighted by atomic mass is 16.4. The summed E-state index contributed by atoms with van der Waals surface area (Å²) in [5, 5.41) is 3.28. The van der Waals surface area contributed by atoms with E-state index < -0.39 is 0 Å². The van der Waals surface area contributed by atoms with Crippen LogP contribution >= 0.6 is 0 Å². The molecule has 1 unspecified atom stereocenters. The number of benzene rings is 1. The van der Waals surface area contributed by atoms with E-state index in [9.17, 15) is 9.70 Å². The van der Waals surface area contributed by atoms with Gasteiger partial charge in [-0.3, -0.25) is 9.78 Å². The molecule has 1 aliphatic carbocycles. The number of aromatic nitrogens is 1. The molecule has 2 aliphatic heterocycles. The number of carbonyl (C=O) groups is 1. The number of rotatable bonds is 5. The molecule has 2 aromatic heterocycles. The SMILES string of the molecule is O=NC1CCc2cc(-c3cc(C(=O)N4CCC(N5CCCCC5)CC4)oc3-c3ccncc3)ccc21. The molecule has 2 fully saturated rings. The zero-order valence-electron chi connectivity index (χ0n) is 20.6. The molecule has 1 amide bonds. The maximum Gasteiger partial charge on any atom is 0.289 e. The Morgan fingerprint density at radius 2 is 1.69 bits per heavy atom. The number of nitroso groups, excluding NO2 is 1. The van der Waals surface area contributed by atoms with E-state index in [2.05, 4.69) is 21.1 Å². The molecule has 2 saturated heterocycles. The van der Waals surface area contributed by atoms with Gasteiger partial charge in [-0.1, -0.05) is 29.8 Å². The third kappa shape index (κ3) is 4.37. The zero-order valence-corrected chi connectivity index (χ0v) is 20.6. The molecule has 3 aliphatic rings. The minimum atomic E-state index is -0.261. The molecule has 0 bridgehead atoms. The topological polar surface area (TPSA) is 79.0 Å². The number of hydrogen-bond acceptors (Lipinski definition) is 6. The Kier molecular flexibility index (Phi) is 6.40. The van der Waals surface area contributed by atoms with E-state index in [0.717, 1.165) is 66.6 Å². The molecule has 1 aromatic carbocycles. The van der Waals surface area contributed by atoms with Crippen LogP contribution in [0.5, 0.6) is 0 Å². The predicted octanol–water partition coefficient (Wildman–Crippen LogP) is 5.85. The van der Waals surface area contributed by atoms with Crippen molar-refractivity contribution in [3.63, 3.8) is 0 Å². The smallest absolute Gasteiger partial charge is 0.289 e. The number of amides is 1. The molecular weight excluding hydrogens is 452 g/mol. The predicted molar refractivity (Wildman–Crippen MR) is 139 cm³/mol. The fourth-order valence-corrected chi connectivity index (χ4v) is 6.17. The Labute approximate surface area is 211 Å². The van der Waals surface area contributed by atoms with E-state index in [4.69, 9.17) is 4.42 Å². The molecule has 7 nitrogen and oxygen atoms in total. The summed E-state index contributed by atoms with van der Waals surface area (Å²) in [6.45, 7) is 3.92. The van der Waals surface area contributed by atoms with Crippen molar-refractivity contribution in [1.82, 2.24) is 14.8 Å². The van der Waals surface area contributed by atoms with Gasteiger partial charge < -0.3 is 14.2 Å². The van der Waals surface area contributed by atoms with Gasteiger partial charge in [-0.05, 0) is 86.5 Å². The number of hydrogen-bond donors (Lipinski definition) is 0. The van der Waals surface area contributed by atoms with E-state index in [-0.39, 0.29) is 11.9 Å². The number of likely N-dealkylation sites (tertiary alicyclic amines) is 2. The lowest BCUT2D eigenvalue weighted by Crippen LogP contribution is -2.48. The van der Waals surface area contributed by atoms with Crippen LogP contribution in [0.2, 0.25) is 0 Å². The van der Waals surface area contributed by atoms with Gasteiger partial charge in [0.2, 0.25) is 0 Å². The standard InChI is InChI=1S/C29H32N4O3/c34-29(33-16-10-23(11-17-33)32-14-2-1-3-15-32)27-19-25(28(36-27)20-8-12-30-13-9-20)22-4-6-24-21(18-22)5-7-26(24)31-35/h4,6,8-9,12-13,18-19,23,26H,1-3,5,7,10-11,14-17H2. The van der Waals surface area contributed by atoms with Crippen molar-refractivity contribution in [3.8, 4) is 22.5 Å². The van der Waals surface area contributed by atoms with E-state index in [0.29, 0.717) is 17.6 Å². The maximum absolute atomic E-state index is 13.5. The molecule has 0 radical (unpaired) electrons. The first-order valence-electron chi connectivity index (χ1n) is 13.2. The van der Waals surface area contributed by atoms with Crippen molar-refractivity contribution in [1.29, 1.82) is 0 Å². The van der Waals surface area contributed by atoms with Gasteiger partial charge >= 0.3 is 0 Å². The van der Waals surface area contributed by atoms with Gasteiger partial charge in [0.15, 0.2) is 5.76 Å². The second-order valence-corrected chi connectivity index (χ2v) is 10.3. The number of aryl methyl sites for hydroxylation is 1. The lowest BCUT2D eigenvalue weighted by molar-refractivity contribution is 0.0563. The summed E-state index contributed by atoms with van der Waals surface area (Å²) in [6, 6.07) is 12.2. The molecule has 7 heteroatoms. The van der Waals surface area contributed by atoms with E-state index in [1.807, 2.05) is 35.2 Å². The third-order valence-corrected chi connectivity index (χ3v) is 8.17. The van der Waals surface area contributed by atoms with Gasteiger partial charge in [0, 0.05) is 42.7 Å². The molecule has 186 valence electrons. The fourth-order valence-electron chi connectivity index (χ4n) is 6.17. The second-order valence-electron chi connectivity index (χ2n) is 10.3. The maximum atomic E-state index is 13.5. The number of furan rings is 1. The Hall–Kier alpha value is -3.32. The van der Waals surface area contributed by atoms with Crippen molar-refractivity contribution in [2.24, 2.45) is 5.18 Å². The lowest BCUT2D eigenvalue weighted by Gasteiger charge is -2.40. The Morgan fingerprint density at radius 3 is 2.44 bits per heavy atom. The lowest BCUT2D eigenvalue weighted by atomic mass is 9.98. The molecule has 3 aromatic rings. The van der Waals surface area contributed by atoms with Gasteiger partial charge in [0.25, 0.3) is 5.91 Å². The summed E-state index contributed by atoms with van der Waals surface area (Å²) < 4.78 is 6.28. The summed E-state index contributed by atoms with van der Waals surface area (Å²) in [6.07, 6.45) is 11.0. The average molecular weight is 485 g/mol. The zero-order chi connectivity index (χ0) is 24.5. The quantitative estimate of drug-likeness (QED) is 0.424. The molecule has 36 heavy (non-hydrogen) atoms. The highest BCUT2D eigenvalue weighted by Crippen LogP contribution is 2.40. The highest BCUT2D eigenvalue weighted by molar-refractivity contribution is 5.95. The normalized spacial score (nSPS) is 20.9. The minimum Gasteiger partial charge on any atom is -0.450 e. The average Bonchev–Trinajstić information content (AvgIpc) is 3.58. The first-order valence-corrected chi connectivity index (χ1v) is 13.2. The summed E-state index contributed by atoms with van der Waals surface area (Å²) in [5.74, 6) is 1.01. The number of nitrogens with zero attached hydrogens (tertiary/aromatic N) is 4.